The van der Waals surface area contributed by atoms with E-state index in [1.807, 2.05) is 24.3 Å². The fourth-order valence-electron chi connectivity index (χ4n) is 4.23. The van der Waals surface area contributed by atoms with Gasteiger partial charge in [-0.2, -0.15) is 0 Å². The first kappa shape index (κ1) is 26.0. The highest BCUT2D eigenvalue weighted by Gasteiger charge is 2.17. The van der Waals surface area contributed by atoms with E-state index in [-0.39, 0.29) is 6.03 Å². The first-order valence-corrected chi connectivity index (χ1v) is 12.4. The molecule has 4 N–H and O–H groups in total. The van der Waals surface area contributed by atoms with Gasteiger partial charge in [0, 0.05) is 31.0 Å². The molecule has 196 valence electrons. The summed E-state index contributed by atoms with van der Waals surface area (Å²) in [6.45, 7) is 3.98. The first-order chi connectivity index (χ1) is 18.0. The molecular weight excluding hydrogens is 472 g/mol. The second-order valence-corrected chi connectivity index (χ2v) is 8.55. The number of fused-ring (bicyclic) bond motifs is 3. The topological polar surface area (TPSA) is 126 Å². The van der Waals surface area contributed by atoms with E-state index in [1.165, 1.54) is 7.11 Å². The number of imidazole rings is 1. The normalized spacial score (nSPS) is 11.1. The lowest BCUT2D eigenvalue weighted by Gasteiger charge is -2.13. The van der Waals surface area contributed by atoms with Crippen molar-refractivity contribution in [2.24, 2.45) is 0 Å². The predicted octanol–water partition coefficient (Wildman–Crippen LogP) is 4.36. The lowest BCUT2D eigenvalue weighted by molar-refractivity contribution is 0.129. The average Bonchev–Trinajstić information content (AvgIpc) is 3.28. The second-order valence-electron chi connectivity index (χ2n) is 8.55. The van der Waals surface area contributed by atoms with Crippen LogP contribution in [0.4, 0.5) is 16.3 Å². The van der Waals surface area contributed by atoms with Crippen LogP contribution in [-0.4, -0.2) is 54.5 Å². The minimum absolute atomic E-state index is 0.344. The molecule has 0 radical (unpaired) electrons. The van der Waals surface area contributed by atoms with E-state index in [0.717, 1.165) is 47.0 Å². The lowest BCUT2D eigenvalue weighted by Crippen LogP contribution is -2.32. The van der Waals surface area contributed by atoms with Crippen molar-refractivity contribution in [3.05, 3.63) is 48.3 Å². The van der Waals surface area contributed by atoms with Crippen LogP contribution in [0.25, 0.3) is 21.9 Å². The molecule has 0 aliphatic carbocycles. The van der Waals surface area contributed by atoms with Crippen molar-refractivity contribution in [3.63, 3.8) is 0 Å². The summed E-state index contributed by atoms with van der Waals surface area (Å²) in [5.74, 6) is 2.58. The van der Waals surface area contributed by atoms with Crippen molar-refractivity contribution in [1.82, 2.24) is 19.9 Å². The largest absolute Gasteiger partial charge is 0.497 e. The molecule has 0 spiro atoms. The molecule has 0 unspecified atom stereocenters. The van der Waals surface area contributed by atoms with Crippen LogP contribution in [0.3, 0.4) is 0 Å². The number of nitrogens with two attached hydrogens (primary N) is 1. The van der Waals surface area contributed by atoms with Crippen LogP contribution < -0.4 is 25.8 Å². The maximum absolute atomic E-state index is 12.3. The third kappa shape index (κ3) is 6.03. The third-order valence-corrected chi connectivity index (χ3v) is 6.09. The van der Waals surface area contributed by atoms with Gasteiger partial charge in [0.25, 0.3) is 0 Å². The van der Waals surface area contributed by atoms with Crippen LogP contribution in [0.2, 0.25) is 0 Å². The Kier molecular flexibility index (Phi) is 8.63. The smallest absolute Gasteiger partial charge is 0.319 e. The number of nitrogens with one attached hydrogen (secondary N) is 2. The molecule has 10 nitrogen and oxygen atoms in total. The van der Waals surface area contributed by atoms with Crippen LogP contribution in [-0.2, 0) is 17.7 Å². The Hall–Kier alpha value is -4.05. The number of carbonyl (C=O) groups is 1. The molecule has 0 saturated heterocycles. The summed E-state index contributed by atoms with van der Waals surface area (Å²) in [6, 6.07) is 12.8. The number of ether oxygens (including phenoxy) is 3. The summed E-state index contributed by atoms with van der Waals surface area (Å²) in [7, 11) is 3.11. The summed E-state index contributed by atoms with van der Waals surface area (Å²) in [4.78, 5) is 21.7. The van der Waals surface area contributed by atoms with Crippen LogP contribution in [0.15, 0.2) is 42.5 Å². The van der Waals surface area contributed by atoms with Gasteiger partial charge in [-0.15, -0.1) is 0 Å². The molecule has 2 aromatic heterocycles. The van der Waals surface area contributed by atoms with E-state index in [0.29, 0.717) is 49.3 Å². The highest BCUT2D eigenvalue weighted by molar-refractivity contribution is 6.06. The molecule has 10 heteroatoms. The molecule has 37 heavy (non-hydrogen) atoms. The molecule has 4 rings (SSSR count). The summed E-state index contributed by atoms with van der Waals surface area (Å²) in [5, 5.41) is 6.60. The number of nitrogen functional groups attached to an aromatic ring is 1. The van der Waals surface area contributed by atoms with Crippen molar-refractivity contribution in [2.75, 3.05) is 45.0 Å². The number of nitrogens with zero attached hydrogens (tertiary/aromatic N) is 3. The van der Waals surface area contributed by atoms with Gasteiger partial charge in [-0.25, -0.2) is 14.8 Å². The van der Waals surface area contributed by atoms with Gasteiger partial charge in [0.15, 0.2) is 5.82 Å². The maximum atomic E-state index is 12.3. The van der Waals surface area contributed by atoms with Crippen molar-refractivity contribution in [1.29, 1.82) is 0 Å². The second kappa shape index (κ2) is 12.3. The quantitative estimate of drug-likeness (QED) is 0.244. The Morgan fingerprint density at radius 1 is 1.08 bits per heavy atom. The van der Waals surface area contributed by atoms with E-state index >= 15 is 0 Å². The van der Waals surface area contributed by atoms with E-state index in [9.17, 15) is 4.79 Å². The summed E-state index contributed by atoms with van der Waals surface area (Å²) in [5.41, 5.74) is 9.39. The Balaban J connectivity index is 1.35. The number of rotatable bonds is 12. The summed E-state index contributed by atoms with van der Waals surface area (Å²) < 4.78 is 18.5. The number of amides is 2. The molecule has 2 heterocycles. The fraction of sp³-hybridized carbons (Fsp3) is 0.370. The Morgan fingerprint density at radius 2 is 1.92 bits per heavy atom. The number of pyridine rings is 1. The van der Waals surface area contributed by atoms with Crippen LogP contribution >= 0.6 is 0 Å². The van der Waals surface area contributed by atoms with Gasteiger partial charge in [0.2, 0.25) is 0 Å². The molecule has 0 atom stereocenters. The lowest BCUT2D eigenvalue weighted by atomic mass is 10.2. The number of carbonyl (C=O) groups excluding carboxylic acids is 1. The fourth-order valence-corrected chi connectivity index (χ4v) is 4.23. The predicted molar refractivity (Wildman–Crippen MR) is 145 cm³/mol. The third-order valence-electron chi connectivity index (χ3n) is 6.09. The number of anilines is 2. The van der Waals surface area contributed by atoms with Gasteiger partial charge in [-0.05, 0) is 24.6 Å². The molecule has 0 bridgehead atoms. The molecular formula is C27H34N6O4. The van der Waals surface area contributed by atoms with Crippen molar-refractivity contribution >= 4 is 39.5 Å². The minimum atomic E-state index is -0.344. The van der Waals surface area contributed by atoms with Crippen LogP contribution in [0.5, 0.6) is 11.5 Å². The SMILES string of the molecule is CCCCc1nc2c(N)nc3ccccc3c2n1CCOCCNC(=O)Nc1ccc(OC)cc1OC. The zero-order valence-electron chi connectivity index (χ0n) is 21.5. The standard InChI is InChI=1S/C27H34N6O4/c1-4-5-10-23-32-24-25(19-8-6-7-9-20(19)30-26(24)28)33(23)14-16-37-15-13-29-27(34)31-21-12-11-18(35-2)17-22(21)36-3/h6-9,11-12,17H,4-5,10,13-16H2,1-3H3,(H2,28,30)(H2,29,31,34). The molecule has 0 aliphatic heterocycles. The van der Waals surface area contributed by atoms with Gasteiger partial charge >= 0.3 is 6.03 Å². The van der Waals surface area contributed by atoms with Gasteiger partial charge in [-0.3, -0.25) is 0 Å². The van der Waals surface area contributed by atoms with E-state index < -0.39 is 0 Å². The minimum Gasteiger partial charge on any atom is -0.497 e. The highest BCUT2D eigenvalue weighted by atomic mass is 16.5. The van der Waals surface area contributed by atoms with E-state index in [1.54, 1.807) is 25.3 Å². The Labute approximate surface area is 216 Å². The Morgan fingerprint density at radius 3 is 2.70 bits per heavy atom. The zero-order valence-corrected chi connectivity index (χ0v) is 21.5. The summed E-state index contributed by atoms with van der Waals surface area (Å²) >= 11 is 0. The van der Waals surface area contributed by atoms with Crippen LogP contribution in [0.1, 0.15) is 25.6 Å². The molecule has 0 saturated carbocycles. The maximum Gasteiger partial charge on any atom is 0.319 e. The van der Waals surface area contributed by atoms with Gasteiger partial charge in [-0.1, -0.05) is 31.5 Å². The molecule has 2 aromatic carbocycles. The molecule has 0 fully saturated rings. The van der Waals surface area contributed by atoms with Crippen molar-refractivity contribution in [2.45, 2.75) is 32.7 Å². The summed E-state index contributed by atoms with van der Waals surface area (Å²) in [6.07, 6.45) is 2.97. The number of hydrogen-bond acceptors (Lipinski definition) is 7. The van der Waals surface area contributed by atoms with Gasteiger partial charge in [0.1, 0.15) is 22.8 Å². The molecule has 2 amide bonds. The van der Waals surface area contributed by atoms with Crippen molar-refractivity contribution in [3.8, 4) is 11.5 Å². The molecule has 4 aromatic rings. The average molecular weight is 507 g/mol. The number of aromatic nitrogens is 3. The number of unbranched alkanes of at least 4 members (excludes halogenated alkanes) is 1. The number of urea groups is 1. The molecule has 0 aliphatic rings. The van der Waals surface area contributed by atoms with E-state index in [4.69, 9.17) is 24.9 Å². The van der Waals surface area contributed by atoms with Gasteiger partial charge < -0.3 is 35.1 Å². The number of benzene rings is 2. The van der Waals surface area contributed by atoms with Crippen molar-refractivity contribution < 1.29 is 19.0 Å². The highest BCUT2D eigenvalue weighted by Crippen LogP contribution is 2.30. The van der Waals surface area contributed by atoms with Crippen LogP contribution in [0, 0.1) is 0 Å². The monoisotopic (exact) mass is 506 g/mol. The number of aryl methyl sites for hydroxylation is 1. The number of methoxy groups -OCH3 is 2. The Bertz CT molecular complexity index is 1370. The zero-order chi connectivity index (χ0) is 26.2. The van der Waals surface area contributed by atoms with E-state index in [2.05, 4.69) is 27.1 Å². The number of para-hydroxylation sites is 1. The van der Waals surface area contributed by atoms with Gasteiger partial charge in [0.05, 0.1) is 44.2 Å². The number of hydrogen-bond donors (Lipinski definition) is 3. The first-order valence-electron chi connectivity index (χ1n) is 12.4.